The van der Waals surface area contributed by atoms with Crippen LogP contribution in [0.25, 0.3) is 5.65 Å². The number of nitrogens with two attached hydrogens (primary N) is 1. The monoisotopic (exact) mass is 542 g/mol. The predicted octanol–water partition coefficient (Wildman–Crippen LogP) is 1.60. The maximum absolute atomic E-state index is 11.8. The van der Waals surface area contributed by atoms with E-state index in [-0.39, 0.29) is 5.97 Å². The van der Waals surface area contributed by atoms with Crippen LogP contribution in [0.15, 0.2) is 42.9 Å². The molecule has 5 rings (SSSR count). The van der Waals surface area contributed by atoms with Crippen molar-refractivity contribution in [2.24, 2.45) is 0 Å². The molecule has 0 aromatic carbocycles. The van der Waals surface area contributed by atoms with Crippen molar-refractivity contribution in [2.45, 2.75) is 6.92 Å². The molecule has 0 saturated carbocycles. The first-order chi connectivity index (χ1) is 19.1. The lowest BCUT2D eigenvalue weighted by Gasteiger charge is -2.26. The Hall–Kier alpha value is -3.45. The van der Waals surface area contributed by atoms with Gasteiger partial charge in [0.25, 0.3) is 0 Å². The van der Waals surface area contributed by atoms with Gasteiger partial charge in [-0.05, 0) is 19.1 Å². The van der Waals surface area contributed by atoms with E-state index >= 15 is 0 Å². The van der Waals surface area contributed by atoms with Gasteiger partial charge in [0.15, 0.2) is 5.69 Å². The van der Waals surface area contributed by atoms with Crippen LogP contribution in [0, 0.1) is 0 Å². The lowest BCUT2D eigenvalue weighted by atomic mass is 10.4. The van der Waals surface area contributed by atoms with E-state index in [9.17, 15) is 4.79 Å². The van der Waals surface area contributed by atoms with Crippen molar-refractivity contribution in [1.29, 1.82) is 0 Å². The number of ether oxygens (including phenoxy) is 5. The van der Waals surface area contributed by atoms with Gasteiger partial charge in [0.1, 0.15) is 36.2 Å². The number of hydrogen-bond acceptors (Lipinski definition) is 11. The third-order valence-electron chi connectivity index (χ3n) is 6.28. The van der Waals surface area contributed by atoms with E-state index in [0.29, 0.717) is 37.0 Å². The van der Waals surface area contributed by atoms with E-state index in [1.807, 2.05) is 18.2 Å². The van der Waals surface area contributed by atoms with Crippen molar-refractivity contribution in [3.05, 3.63) is 48.5 Å². The Morgan fingerprint density at radius 2 is 1.54 bits per heavy atom. The third-order valence-corrected chi connectivity index (χ3v) is 6.28. The van der Waals surface area contributed by atoms with E-state index in [1.165, 1.54) is 6.20 Å². The molecule has 5 heterocycles. The number of rotatable bonds is 10. The molecule has 2 aliphatic heterocycles. The summed E-state index contributed by atoms with van der Waals surface area (Å²) in [7, 11) is 0. The van der Waals surface area contributed by atoms with Gasteiger partial charge in [0.2, 0.25) is 0 Å². The van der Waals surface area contributed by atoms with Crippen LogP contribution in [-0.2, 0) is 14.2 Å². The molecule has 0 amide bonds. The molecule has 2 N–H and O–H groups in total. The summed E-state index contributed by atoms with van der Waals surface area (Å²) in [4.78, 5) is 24.6. The Labute approximate surface area is 228 Å². The molecular formula is C27H38N6O6. The summed E-state index contributed by atoms with van der Waals surface area (Å²) < 4.78 is 28.7. The van der Waals surface area contributed by atoms with E-state index in [4.69, 9.17) is 29.4 Å². The molecule has 2 aliphatic rings. The number of imidazole rings is 1. The second-order valence-electron chi connectivity index (χ2n) is 8.98. The number of pyridine rings is 2. The summed E-state index contributed by atoms with van der Waals surface area (Å²) in [6.45, 7) is 12.3. The molecule has 212 valence electrons. The minimum atomic E-state index is -0.374. The molecular weight excluding hydrogens is 504 g/mol. The molecule has 0 bridgehead atoms. The van der Waals surface area contributed by atoms with Gasteiger partial charge in [0.05, 0.1) is 39.2 Å². The zero-order valence-electron chi connectivity index (χ0n) is 22.5. The Bertz CT molecular complexity index is 1160. The van der Waals surface area contributed by atoms with Crippen molar-refractivity contribution < 1.29 is 28.5 Å². The van der Waals surface area contributed by atoms with Gasteiger partial charge in [-0.2, -0.15) is 0 Å². The molecule has 0 spiro atoms. The first kappa shape index (κ1) is 28.6. The minimum absolute atomic E-state index is 0.342. The van der Waals surface area contributed by atoms with Gasteiger partial charge in [-0.15, -0.1) is 0 Å². The Balaban J connectivity index is 0.000000193. The Morgan fingerprint density at radius 1 is 0.923 bits per heavy atom. The average molecular weight is 543 g/mol. The molecule has 0 unspecified atom stereocenters. The molecule has 12 nitrogen and oxygen atoms in total. The van der Waals surface area contributed by atoms with Crippen molar-refractivity contribution >= 4 is 17.4 Å². The highest BCUT2D eigenvalue weighted by Gasteiger charge is 2.14. The quantitative estimate of drug-likeness (QED) is 0.376. The largest absolute Gasteiger partial charge is 0.492 e. The molecule has 39 heavy (non-hydrogen) atoms. The fourth-order valence-corrected chi connectivity index (χ4v) is 4.16. The first-order valence-corrected chi connectivity index (χ1v) is 13.3. The molecule has 0 aliphatic carbocycles. The fraction of sp³-hybridized carbons (Fsp3) is 0.519. The number of carbonyl (C=O) groups is 1. The maximum atomic E-state index is 11.8. The summed E-state index contributed by atoms with van der Waals surface area (Å²) in [5, 5.41) is 0. The SMILES string of the molecule is CCOC(=O)c1cnc2cc(OCCN3CCOCC3)ccn12.Nc1cc(OCCN2CCOCC2)ccn1. The van der Waals surface area contributed by atoms with Crippen LogP contribution in [-0.4, -0.2) is 116 Å². The molecule has 2 saturated heterocycles. The Kier molecular flexibility index (Phi) is 11.1. The zero-order valence-corrected chi connectivity index (χ0v) is 22.5. The van der Waals surface area contributed by atoms with Crippen molar-refractivity contribution in [3.63, 3.8) is 0 Å². The van der Waals surface area contributed by atoms with Gasteiger partial charge < -0.3 is 29.4 Å². The lowest BCUT2D eigenvalue weighted by Crippen LogP contribution is -2.38. The topological polar surface area (TPSA) is 126 Å². The number of hydrogen-bond donors (Lipinski definition) is 1. The highest BCUT2D eigenvalue weighted by Crippen LogP contribution is 2.16. The molecule has 3 aromatic heterocycles. The summed E-state index contributed by atoms with van der Waals surface area (Å²) in [6, 6.07) is 7.20. The smallest absolute Gasteiger partial charge is 0.356 e. The number of anilines is 1. The van der Waals surface area contributed by atoms with Crippen LogP contribution in [0.5, 0.6) is 11.5 Å². The van der Waals surface area contributed by atoms with Crippen LogP contribution in [0.2, 0.25) is 0 Å². The molecule has 2 fully saturated rings. The fourth-order valence-electron chi connectivity index (χ4n) is 4.16. The number of esters is 1. The standard InChI is InChI=1S/C16H21N3O4.C11H17N3O2/c1-2-22-16(20)14-12-17-15-11-13(3-4-19(14)15)23-10-7-18-5-8-21-9-6-18;12-11-9-10(1-2-13-11)16-8-5-14-3-6-15-7-4-14/h3-4,11-12H,2,5-10H2,1H3;1-2,9H,3-8H2,(H2,12,13). The number of nitrogens with zero attached hydrogens (tertiary/aromatic N) is 5. The number of fused-ring (bicyclic) bond motifs is 1. The summed E-state index contributed by atoms with van der Waals surface area (Å²) in [5.41, 5.74) is 6.64. The van der Waals surface area contributed by atoms with Crippen molar-refractivity contribution in [1.82, 2.24) is 24.2 Å². The summed E-state index contributed by atoms with van der Waals surface area (Å²) in [5.74, 6) is 1.64. The van der Waals surface area contributed by atoms with Gasteiger partial charge in [0, 0.05) is 63.8 Å². The number of carbonyl (C=O) groups excluding carboxylic acids is 1. The second-order valence-corrected chi connectivity index (χ2v) is 8.98. The average Bonchev–Trinajstić information content (AvgIpc) is 3.38. The van der Waals surface area contributed by atoms with Crippen molar-refractivity contribution in [3.8, 4) is 11.5 Å². The van der Waals surface area contributed by atoms with Gasteiger partial charge in [-0.25, -0.2) is 14.8 Å². The molecule has 12 heteroatoms. The van der Waals surface area contributed by atoms with Gasteiger partial charge in [-0.1, -0.05) is 0 Å². The van der Waals surface area contributed by atoms with E-state index in [2.05, 4.69) is 19.8 Å². The highest BCUT2D eigenvalue weighted by molar-refractivity contribution is 5.88. The number of morpholine rings is 2. The lowest BCUT2D eigenvalue weighted by molar-refractivity contribution is 0.0321. The van der Waals surface area contributed by atoms with Crippen LogP contribution < -0.4 is 15.2 Å². The summed E-state index contributed by atoms with van der Waals surface area (Å²) >= 11 is 0. The van der Waals surface area contributed by atoms with E-state index < -0.39 is 0 Å². The number of nitrogen functional groups attached to an aromatic ring is 1. The van der Waals surface area contributed by atoms with Crippen LogP contribution in [0.1, 0.15) is 17.4 Å². The van der Waals surface area contributed by atoms with Gasteiger partial charge >= 0.3 is 5.97 Å². The molecule has 0 radical (unpaired) electrons. The Morgan fingerprint density at radius 3 is 2.13 bits per heavy atom. The zero-order chi connectivity index (χ0) is 27.3. The van der Waals surface area contributed by atoms with Crippen LogP contribution >= 0.6 is 0 Å². The number of aromatic nitrogens is 3. The minimum Gasteiger partial charge on any atom is -0.492 e. The highest BCUT2D eigenvalue weighted by atomic mass is 16.5. The van der Waals surface area contributed by atoms with Crippen molar-refractivity contribution in [2.75, 3.05) is 91.3 Å². The molecule has 3 aromatic rings. The summed E-state index contributed by atoms with van der Waals surface area (Å²) in [6.07, 6.45) is 4.95. The van der Waals surface area contributed by atoms with Crippen LogP contribution in [0.3, 0.4) is 0 Å². The molecule has 0 atom stereocenters. The van der Waals surface area contributed by atoms with E-state index in [0.717, 1.165) is 77.2 Å². The van der Waals surface area contributed by atoms with E-state index in [1.54, 1.807) is 29.8 Å². The third kappa shape index (κ3) is 9.06. The van der Waals surface area contributed by atoms with Crippen LogP contribution in [0.4, 0.5) is 5.82 Å². The maximum Gasteiger partial charge on any atom is 0.356 e. The van der Waals surface area contributed by atoms with Gasteiger partial charge in [-0.3, -0.25) is 14.2 Å². The normalized spacial score (nSPS) is 16.3. The predicted molar refractivity (Wildman–Crippen MR) is 145 cm³/mol. The second kappa shape index (κ2) is 15.2. The first-order valence-electron chi connectivity index (χ1n) is 13.3.